The van der Waals surface area contributed by atoms with Crippen molar-refractivity contribution in [1.82, 2.24) is 9.97 Å². The van der Waals surface area contributed by atoms with Crippen molar-refractivity contribution in [2.24, 2.45) is 0 Å². The van der Waals surface area contributed by atoms with E-state index in [9.17, 15) is 9.59 Å². The number of H-pyrrole nitrogens is 1. The Bertz CT molecular complexity index is 607. The molecule has 6 nitrogen and oxygen atoms in total. The fourth-order valence-corrected chi connectivity index (χ4v) is 1.48. The third-order valence-corrected chi connectivity index (χ3v) is 2.36. The van der Waals surface area contributed by atoms with Crippen molar-refractivity contribution in [2.75, 3.05) is 17.7 Å². The Kier molecular flexibility index (Phi) is 3.38. The topological polar surface area (TPSA) is 86.9 Å². The quantitative estimate of drug-likeness (QED) is 0.753. The van der Waals surface area contributed by atoms with E-state index in [-0.39, 0.29) is 11.6 Å². The molecule has 2 rings (SSSR count). The Morgan fingerprint density at radius 3 is 2.67 bits per heavy atom. The van der Waals surface area contributed by atoms with Crippen LogP contribution < -0.4 is 16.2 Å². The lowest BCUT2D eigenvalue weighted by atomic mass is 10.2. The molecule has 0 saturated heterocycles. The summed E-state index contributed by atoms with van der Waals surface area (Å²) < 4.78 is 0. The Hall–Kier alpha value is -2.63. The molecule has 92 valence electrons. The van der Waals surface area contributed by atoms with Crippen molar-refractivity contribution in [2.45, 2.75) is 0 Å². The van der Waals surface area contributed by atoms with E-state index in [0.717, 1.165) is 0 Å². The van der Waals surface area contributed by atoms with E-state index in [4.69, 9.17) is 0 Å². The molecule has 0 aliphatic rings. The van der Waals surface area contributed by atoms with Gasteiger partial charge in [0.2, 0.25) is 0 Å². The Morgan fingerprint density at radius 1 is 1.28 bits per heavy atom. The number of hydrogen-bond acceptors (Lipinski definition) is 4. The number of aromatic amines is 1. The van der Waals surface area contributed by atoms with Gasteiger partial charge >= 0.3 is 0 Å². The van der Waals surface area contributed by atoms with Crippen LogP contribution in [0.4, 0.5) is 11.5 Å². The first-order valence-electron chi connectivity index (χ1n) is 5.34. The van der Waals surface area contributed by atoms with E-state index < -0.39 is 5.56 Å². The molecule has 2 aromatic rings. The first kappa shape index (κ1) is 11.8. The molecule has 3 N–H and O–H groups in total. The number of carbonyl (C=O) groups is 1. The maximum absolute atomic E-state index is 11.9. The summed E-state index contributed by atoms with van der Waals surface area (Å²) >= 11 is 0. The maximum Gasteiger partial charge on any atom is 0.276 e. The highest BCUT2D eigenvalue weighted by Gasteiger charge is 2.12. The molecule has 1 aromatic heterocycles. The van der Waals surface area contributed by atoms with E-state index in [1.807, 2.05) is 6.07 Å². The van der Waals surface area contributed by atoms with E-state index >= 15 is 0 Å². The van der Waals surface area contributed by atoms with Gasteiger partial charge < -0.3 is 15.6 Å². The minimum Gasteiger partial charge on any atom is -0.371 e. The summed E-state index contributed by atoms with van der Waals surface area (Å²) in [6, 6.07) is 8.65. The molecule has 18 heavy (non-hydrogen) atoms. The number of aromatic nitrogens is 2. The molecule has 0 unspecified atom stereocenters. The lowest BCUT2D eigenvalue weighted by molar-refractivity contribution is 0.102. The maximum atomic E-state index is 11.9. The Balaban J connectivity index is 2.30. The fraction of sp³-hybridized carbons (Fsp3) is 0.0833. The summed E-state index contributed by atoms with van der Waals surface area (Å²) in [5, 5.41) is 5.29. The van der Waals surface area contributed by atoms with Crippen LogP contribution in [-0.4, -0.2) is 22.9 Å². The van der Waals surface area contributed by atoms with Crippen LogP contribution in [0.15, 0.2) is 41.5 Å². The second kappa shape index (κ2) is 5.13. The molecular weight excluding hydrogens is 232 g/mol. The predicted molar refractivity (Wildman–Crippen MR) is 68.8 cm³/mol. The summed E-state index contributed by atoms with van der Waals surface area (Å²) in [4.78, 5) is 29.9. The van der Waals surface area contributed by atoms with Crippen LogP contribution in [0.1, 0.15) is 10.4 Å². The van der Waals surface area contributed by atoms with Crippen LogP contribution in [0.25, 0.3) is 0 Å². The predicted octanol–water partition coefficient (Wildman–Crippen LogP) is 1.06. The van der Waals surface area contributed by atoms with Gasteiger partial charge in [-0.3, -0.25) is 9.59 Å². The number of nitrogens with zero attached hydrogens (tertiary/aromatic N) is 1. The van der Waals surface area contributed by atoms with Crippen LogP contribution in [0.2, 0.25) is 0 Å². The first-order valence-corrected chi connectivity index (χ1v) is 5.34. The number of rotatable bonds is 3. The highest BCUT2D eigenvalue weighted by molar-refractivity contribution is 6.05. The molecule has 0 aliphatic heterocycles. The van der Waals surface area contributed by atoms with Crippen LogP contribution in [-0.2, 0) is 0 Å². The van der Waals surface area contributed by atoms with Gasteiger partial charge in [-0.15, -0.1) is 0 Å². The van der Waals surface area contributed by atoms with Gasteiger partial charge in [0.15, 0.2) is 11.5 Å². The summed E-state index contributed by atoms with van der Waals surface area (Å²) in [5.74, 6) is -0.0337. The lowest BCUT2D eigenvalue weighted by Crippen LogP contribution is -2.21. The summed E-state index contributed by atoms with van der Waals surface area (Å²) in [7, 11) is 1.62. The third-order valence-electron chi connectivity index (χ3n) is 2.36. The second-order valence-electron chi connectivity index (χ2n) is 3.53. The largest absolute Gasteiger partial charge is 0.371 e. The average molecular weight is 244 g/mol. The molecule has 1 aromatic carbocycles. The van der Waals surface area contributed by atoms with Crippen LogP contribution in [0.5, 0.6) is 0 Å². The molecular formula is C12H12N4O2. The van der Waals surface area contributed by atoms with Gasteiger partial charge in [-0.2, -0.15) is 0 Å². The van der Waals surface area contributed by atoms with E-state index in [2.05, 4.69) is 20.6 Å². The number of hydrogen-bond donors (Lipinski definition) is 3. The highest BCUT2D eigenvalue weighted by Crippen LogP contribution is 2.12. The molecule has 1 heterocycles. The molecule has 6 heteroatoms. The van der Waals surface area contributed by atoms with Crippen molar-refractivity contribution >= 4 is 17.4 Å². The zero-order valence-corrected chi connectivity index (χ0v) is 9.73. The number of anilines is 2. The SMILES string of the molecule is CNc1nc[nH]c(=O)c1NC(=O)c1ccccc1. The fourth-order valence-electron chi connectivity index (χ4n) is 1.48. The van der Waals surface area contributed by atoms with Crippen molar-refractivity contribution in [3.8, 4) is 0 Å². The highest BCUT2D eigenvalue weighted by atomic mass is 16.2. The van der Waals surface area contributed by atoms with Crippen LogP contribution in [0.3, 0.4) is 0 Å². The first-order chi connectivity index (χ1) is 8.72. The van der Waals surface area contributed by atoms with E-state index in [0.29, 0.717) is 11.4 Å². The summed E-state index contributed by atoms with van der Waals surface area (Å²) in [5.41, 5.74) is 0.176. The van der Waals surface area contributed by atoms with Gasteiger partial charge in [0.1, 0.15) is 0 Å². The Morgan fingerprint density at radius 2 is 2.00 bits per heavy atom. The Labute approximate surface area is 103 Å². The molecule has 0 saturated carbocycles. The van der Waals surface area contributed by atoms with Gasteiger partial charge in [0.25, 0.3) is 11.5 Å². The van der Waals surface area contributed by atoms with Crippen molar-refractivity contribution in [3.63, 3.8) is 0 Å². The van der Waals surface area contributed by atoms with E-state index in [1.165, 1.54) is 6.33 Å². The summed E-state index contributed by atoms with van der Waals surface area (Å²) in [6.07, 6.45) is 1.27. The van der Waals surface area contributed by atoms with Crippen LogP contribution in [0, 0.1) is 0 Å². The van der Waals surface area contributed by atoms with Gasteiger partial charge in [0, 0.05) is 12.6 Å². The monoisotopic (exact) mass is 244 g/mol. The molecule has 0 spiro atoms. The molecule has 0 aliphatic carbocycles. The smallest absolute Gasteiger partial charge is 0.276 e. The molecule has 1 amide bonds. The number of nitrogens with one attached hydrogen (secondary N) is 3. The molecule has 0 radical (unpaired) electrons. The van der Waals surface area contributed by atoms with Crippen molar-refractivity contribution < 1.29 is 4.79 Å². The third kappa shape index (κ3) is 2.37. The van der Waals surface area contributed by atoms with Gasteiger partial charge in [0.05, 0.1) is 6.33 Å². The van der Waals surface area contributed by atoms with Crippen molar-refractivity contribution in [1.29, 1.82) is 0 Å². The number of benzene rings is 1. The minimum atomic E-state index is -0.404. The normalized spacial score (nSPS) is 9.83. The lowest BCUT2D eigenvalue weighted by Gasteiger charge is -2.08. The zero-order chi connectivity index (χ0) is 13.0. The number of amides is 1. The summed E-state index contributed by atoms with van der Waals surface area (Å²) in [6.45, 7) is 0. The van der Waals surface area contributed by atoms with Gasteiger partial charge in [-0.25, -0.2) is 4.98 Å². The number of carbonyl (C=O) groups excluding carboxylic acids is 1. The molecule has 0 bridgehead atoms. The standard InChI is InChI=1S/C12H12N4O2/c1-13-10-9(12(18)15-7-14-10)16-11(17)8-5-3-2-4-6-8/h2-7H,1H3,(H,16,17)(H2,13,14,15,18). The molecule has 0 fully saturated rings. The minimum absolute atomic E-state index is 0.105. The second-order valence-corrected chi connectivity index (χ2v) is 3.53. The van der Waals surface area contributed by atoms with Crippen LogP contribution >= 0.6 is 0 Å². The average Bonchev–Trinajstić information content (AvgIpc) is 2.42. The zero-order valence-electron chi connectivity index (χ0n) is 9.73. The van der Waals surface area contributed by atoms with Gasteiger partial charge in [-0.1, -0.05) is 18.2 Å². The molecule has 0 atom stereocenters. The van der Waals surface area contributed by atoms with Crippen molar-refractivity contribution in [3.05, 3.63) is 52.6 Å². The van der Waals surface area contributed by atoms with E-state index in [1.54, 1.807) is 31.3 Å². The van der Waals surface area contributed by atoms with Gasteiger partial charge in [-0.05, 0) is 12.1 Å².